The largest absolute Gasteiger partial charge is 0.496 e. The second-order valence-electron chi connectivity index (χ2n) is 7.18. The fourth-order valence-corrected chi connectivity index (χ4v) is 4.30. The van der Waals surface area contributed by atoms with E-state index in [9.17, 15) is 0 Å². The summed E-state index contributed by atoms with van der Waals surface area (Å²) in [7, 11) is 1.69. The first kappa shape index (κ1) is 19.4. The van der Waals surface area contributed by atoms with E-state index in [1.54, 1.807) is 7.11 Å². The van der Waals surface area contributed by atoms with Gasteiger partial charge in [0.15, 0.2) is 0 Å². The molecule has 1 atom stereocenters. The van der Waals surface area contributed by atoms with Gasteiger partial charge in [-0.25, -0.2) is 4.98 Å². The summed E-state index contributed by atoms with van der Waals surface area (Å²) in [5.41, 5.74) is 1.28. The Morgan fingerprint density at radius 1 is 1.25 bits per heavy atom. The number of nitrogens with zero attached hydrogens (tertiary/aromatic N) is 4. The number of ether oxygens (including phenoxy) is 2. The van der Waals surface area contributed by atoms with Crippen LogP contribution in [0.15, 0.2) is 34.9 Å². The summed E-state index contributed by atoms with van der Waals surface area (Å²) in [4.78, 5) is 13.8. The van der Waals surface area contributed by atoms with Crippen molar-refractivity contribution in [3.63, 3.8) is 0 Å². The van der Waals surface area contributed by atoms with Crippen LogP contribution in [0.3, 0.4) is 0 Å². The summed E-state index contributed by atoms with van der Waals surface area (Å²) in [5.74, 6) is 2.55. The number of methoxy groups -OCH3 is 1. The van der Waals surface area contributed by atoms with Gasteiger partial charge in [-0.05, 0) is 46.1 Å². The van der Waals surface area contributed by atoms with E-state index in [1.807, 2.05) is 18.3 Å². The number of rotatable bonds is 6. The van der Waals surface area contributed by atoms with Crippen LogP contribution in [0.5, 0.6) is 5.75 Å². The zero-order valence-electron chi connectivity index (χ0n) is 16.1. The average molecular weight is 448 g/mol. The van der Waals surface area contributed by atoms with Crippen LogP contribution in [0.1, 0.15) is 12.0 Å². The Morgan fingerprint density at radius 2 is 2.11 bits per heavy atom. The zero-order chi connectivity index (χ0) is 19.3. The molecule has 2 fully saturated rings. The molecule has 0 radical (unpaired) electrons. The first-order valence-corrected chi connectivity index (χ1v) is 10.5. The Labute approximate surface area is 174 Å². The van der Waals surface area contributed by atoms with Gasteiger partial charge in [0.2, 0.25) is 5.95 Å². The lowest BCUT2D eigenvalue weighted by molar-refractivity contribution is 0.122. The molecular formula is C20H26BrN5O2. The van der Waals surface area contributed by atoms with Gasteiger partial charge in [-0.3, -0.25) is 4.90 Å². The van der Waals surface area contributed by atoms with Crippen molar-refractivity contribution in [3.8, 4) is 5.75 Å². The maximum absolute atomic E-state index is 5.41. The topological polar surface area (TPSA) is 62.8 Å². The first-order chi connectivity index (χ1) is 13.7. The molecule has 7 nitrogen and oxygen atoms in total. The van der Waals surface area contributed by atoms with Gasteiger partial charge in [0.1, 0.15) is 11.6 Å². The number of morpholine rings is 1. The average Bonchev–Trinajstić information content (AvgIpc) is 3.16. The molecule has 0 saturated carbocycles. The molecule has 4 rings (SSSR count). The van der Waals surface area contributed by atoms with Gasteiger partial charge in [-0.15, -0.1) is 0 Å². The molecule has 1 aromatic carbocycles. The Hall–Kier alpha value is -1.90. The molecule has 1 aromatic heterocycles. The second kappa shape index (κ2) is 9.07. The van der Waals surface area contributed by atoms with Crippen LogP contribution in [0.4, 0.5) is 11.8 Å². The summed E-state index contributed by atoms with van der Waals surface area (Å²) in [6.07, 6.45) is 2.94. The highest BCUT2D eigenvalue weighted by Gasteiger charge is 2.23. The molecule has 2 aliphatic rings. The number of hydrogen-bond donors (Lipinski definition) is 1. The Bertz CT molecular complexity index is 800. The normalized spacial score (nSPS) is 20.4. The summed E-state index contributed by atoms with van der Waals surface area (Å²) < 4.78 is 11.7. The van der Waals surface area contributed by atoms with Crippen LogP contribution in [-0.4, -0.2) is 67.4 Å². The highest BCUT2D eigenvalue weighted by atomic mass is 79.9. The summed E-state index contributed by atoms with van der Waals surface area (Å²) in [6.45, 7) is 6.17. The molecule has 2 aromatic rings. The predicted molar refractivity (Wildman–Crippen MR) is 113 cm³/mol. The molecule has 0 spiro atoms. The van der Waals surface area contributed by atoms with E-state index in [-0.39, 0.29) is 0 Å². The van der Waals surface area contributed by atoms with Crippen molar-refractivity contribution in [2.75, 3.05) is 56.7 Å². The lowest BCUT2D eigenvalue weighted by Crippen LogP contribution is -2.37. The van der Waals surface area contributed by atoms with Crippen LogP contribution < -0.4 is 15.0 Å². The van der Waals surface area contributed by atoms with Gasteiger partial charge >= 0.3 is 0 Å². The van der Waals surface area contributed by atoms with Crippen LogP contribution in [0.2, 0.25) is 0 Å². The van der Waals surface area contributed by atoms with Gasteiger partial charge < -0.3 is 19.7 Å². The van der Waals surface area contributed by atoms with Crippen molar-refractivity contribution in [2.45, 2.75) is 19.0 Å². The predicted octanol–water partition coefficient (Wildman–Crippen LogP) is 2.77. The lowest BCUT2D eigenvalue weighted by Gasteiger charge is -2.27. The molecule has 2 saturated heterocycles. The third-order valence-corrected chi connectivity index (χ3v) is 5.80. The number of hydrogen-bond acceptors (Lipinski definition) is 7. The molecule has 2 aliphatic heterocycles. The smallest absolute Gasteiger partial charge is 0.227 e. The molecule has 0 aliphatic carbocycles. The first-order valence-electron chi connectivity index (χ1n) is 9.68. The SMILES string of the molecule is COc1ccc(CN2CCC(Nc3ccnc(N4CCOCC4)n3)C2)cc1Br. The third-order valence-electron chi connectivity index (χ3n) is 5.18. The molecule has 0 bridgehead atoms. The van der Waals surface area contributed by atoms with Crippen molar-refractivity contribution in [2.24, 2.45) is 0 Å². The van der Waals surface area contributed by atoms with Crippen LogP contribution in [0, 0.1) is 0 Å². The number of anilines is 2. The number of likely N-dealkylation sites (tertiary alicyclic amines) is 1. The minimum atomic E-state index is 0.397. The van der Waals surface area contributed by atoms with Crippen molar-refractivity contribution in [1.29, 1.82) is 0 Å². The van der Waals surface area contributed by atoms with Gasteiger partial charge in [0.05, 0.1) is 24.8 Å². The molecule has 8 heteroatoms. The number of aromatic nitrogens is 2. The molecule has 28 heavy (non-hydrogen) atoms. The number of benzene rings is 1. The van der Waals surface area contributed by atoms with E-state index in [1.165, 1.54) is 5.56 Å². The van der Waals surface area contributed by atoms with Crippen molar-refractivity contribution < 1.29 is 9.47 Å². The van der Waals surface area contributed by atoms with Crippen molar-refractivity contribution in [3.05, 3.63) is 40.5 Å². The van der Waals surface area contributed by atoms with E-state index in [0.717, 1.165) is 74.3 Å². The zero-order valence-corrected chi connectivity index (χ0v) is 17.7. The molecular weight excluding hydrogens is 422 g/mol. The fraction of sp³-hybridized carbons (Fsp3) is 0.500. The minimum Gasteiger partial charge on any atom is -0.496 e. The molecule has 1 N–H and O–H groups in total. The second-order valence-corrected chi connectivity index (χ2v) is 8.03. The lowest BCUT2D eigenvalue weighted by atomic mass is 10.2. The molecule has 1 unspecified atom stereocenters. The number of nitrogens with one attached hydrogen (secondary N) is 1. The summed E-state index contributed by atoms with van der Waals surface area (Å²) in [5, 5.41) is 3.59. The maximum Gasteiger partial charge on any atom is 0.227 e. The highest BCUT2D eigenvalue weighted by Crippen LogP contribution is 2.27. The summed E-state index contributed by atoms with van der Waals surface area (Å²) >= 11 is 3.57. The van der Waals surface area contributed by atoms with E-state index < -0.39 is 0 Å². The quantitative estimate of drug-likeness (QED) is 0.729. The number of halogens is 1. The Morgan fingerprint density at radius 3 is 2.89 bits per heavy atom. The van der Waals surface area contributed by atoms with E-state index >= 15 is 0 Å². The van der Waals surface area contributed by atoms with Gasteiger partial charge in [0.25, 0.3) is 0 Å². The third kappa shape index (κ3) is 4.74. The Kier molecular flexibility index (Phi) is 6.29. The minimum absolute atomic E-state index is 0.397. The standard InChI is InChI=1S/C20H26BrN5O2/c1-27-18-3-2-15(12-17(18)21)13-25-7-5-16(14-25)23-19-4-6-22-20(24-19)26-8-10-28-11-9-26/h2-4,6,12,16H,5,7-11,13-14H2,1H3,(H,22,23,24). The van der Waals surface area contributed by atoms with Gasteiger partial charge in [-0.1, -0.05) is 6.07 Å². The highest BCUT2D eigenvalue weighted by molar-refractivity contribution is 9.10. The fourth-order valence-electron chi connectivity index (χ4n) is 3.71. The van der Waals surface area contributed by atoms with E-state index in [0.29, 0.717) is 6.04 Å². The van der Waals surface area contributed by atoms with E-state index in [2.05, 4.69) is 48.2 Å². The molecule has 3 heterocycles. The summed E-state index contributed by atoms with van der Waals surface area (Å²) in [6, 6.07) is 8.63. The van der Waals surface area contributed by atoms with Crippen LogP contribution in [0.25, 0.3) is 0 Å². The van der Waals surface area contributed by atoms with E-state index in [4.69, 9.17) is 14.5 Å². The van der Waals surface area contributed by atoms with Gasteiger partial charge in [-0.2, -0.15) is 4.98 Å². The van der Waals surface area contributed by atoms with Gasteiger partial charge in [0, 0.05) is 45.0 Å². The van der Waals surface area contributed by atoms with Crippen molar-refractivity contribution >= 4 is 27.7 Å². The molecule has 150 valence electrons. The van der Waals surface area contributed by atoms with Crippen LogP contribution >= 0.6 is 15.9 Å². The molecule has 0 amide bonds. The Balaban J connectivity index is 1.33. The van der Waals surface area contributed by atoms with Crippen molar-refractivity contribution in [1.82, 2.24) is 14.9 Å². The monoisotopic (exact) mass is 447 g/mol. The van der Waals surface area contributed by atoms with Crippen LogP contribution in [-0.2, 0) is 11.3 Å². The maximum atomic E-state index is 5.41.